The summed E-state index contributed by atoms with van der Waals surface area (Å²) >= 11 is 1.57. The normalized spacial score (nSPS) is 13.9. The molecule has 0 aliphatic rings. The minimum Gasteiger partial charge on any atom is -0.385 e. The number of hydrogen-bond acceptors (Lipinski definition) is 4. The molecule has 0 saturated carbocycles. The number of hydrogen-bond donors (Lipinski definition) is 1. The van der Waals surface area contributed by atoms with E-state index in [2.05, 4.69) is 11.1 Å². The molecule has 0 fully saturated rings. The lowest BCUT2D eigenvalue weighted by atomic mass is 9.90. The zero-order chi connectivity index (χ0) is 13.2. The van der Waals surface area contributed by atoms with Crippen LogP contribution in [0.1, 0.15) is 28.8 Å². The molecule has 1 atom stereocenters. The van der Waals surface area contributed by atoms with Gasteiger partial charge in [-0.25, -0.2) is 4.98 Å². The minimum absolute atomic E-state index is 0.451. The Labute approximate surface area is 110 Å². The van der Waals surface area contributed by atoms with E-state index < -0.39 is 5.60 Å². The third-order valence-corrected chi connectivity index (χ3v) is 3.63. The molecule has 0 saturated heterocycles. The van der Waals surface area contributed by atoms with Crippen LogP contribution in [-0.4, -0.2) is 10.1 Å². The third kappa shape index (κ3) is 2.76. The van der Waals surface area contributed by atoms with E-state index in [1.54, 1.807) is 36.5 Å². The maximum atomic E-state index is 10.5. The minimum atomic E-state index is -1.01. The number of aliphatic hydroxyl groups is 1. The van der Waals surface area contributed by atoms with Gasteiger partial charge in [0.2, 0.25) is 0 Å². The highest BCUT2D eigenvalue weighted by molar-refractivity contribution is 7.09. The SMILES string of the molecule is Cc1nc(CC(C)(O)c2cccc(C#N)c2)cs1. The number of aryl methyl sites for hydroxylation is 1. The van der Waals surface area contributed by atoms with E-state index in [1.807, 2.05) is 18.4 Å². The fourth-order valence-electron chi connectivity index (χ4n) is 1.87. The summed E-state index contributed by atoms with van der Waals surface area (Å²) in [5, 5.41) is 22.4. The van der Waals surface area contributed by atoms with Gasteiger partial charge in [-0.2, -0.15) is 5.26 Å². The molecule has 1 unspecified atom stereocenters. The number of thiazole rings is 1. The Hall–Kier alpha value is -1.70. The first kappa shape index (κ1) is 12.7. The molecule has 0 radical (unpaired) electrons. The molecule has 0 bridgehead atoms. The molecule has 0 aliphatic heterocycles. The molecule has 92 valence electrons. The summed E-state index contributed by atoms with van der Waals surface area (Å²) in [4.78, 5) is 4.36. The summed E-state index contributed by atoms with van der Waals surface area (Å²) < 4.78 is 0. The van der Waals surface area contributed by atoms with E-state index in [4.69, 9.17) is 5.26 Å². The van der Waals surface area contributed by atoms with Gasteiger partial charge in [-0.05, 0) is 31.5 Å². The Morgan fingerprint density at radius 1 is 1.50 bits per heavy atom. The highest BCUT2D eigenvalue weighted by Crippen LogP contribution is 2.26. The van der Waals surface area contributed by atoms with Crippen LogP contribution in [0.4, 0.5) is 0 Å². The molecule has 18 heavy (non-hydrogen) atoms. The second-order valence-electron chi connectivity index (χ2n) is 4.50. The molecule has 1 aromatic heterocycles. The smallest absolute Gasteiger partial charge is 0.0991 e. The van der Waals surface area contributed by atoms with Crippen molar-refractivity contribution < 1.29 is 5.11 Å². The lowest BCUT2D eigenvalue weighted by Gasteiger charge is -2.23. The van der Waals surface area contributed by atoms with Gasteiger partial charge in [0.05, 0.1) is 27.9 Å². The van der Waals surface area contributed by atoms with E-state index >= 15 is 0 Å². The van der Waals surface area contributed by atoms with Gasteiger partial charge in [-0.15, -0.1) is 11.3 Å². The summed E-state index contributed by atoms with van der Waals surface area (Å²) in [5.74, 6) is 0. The second kappa shape index (κ2) is 4.89. The van der Waals surface area contributed by atoms with Crippen LogP contribution in [0.25, 0.3) is 0 Å². The van der Waals surface area contributed by atoms with Crippen molar-refractivity contribution in [2.45, 2.75) is 25.9 Å². The first-order valence-corrected chi connectivity index (χ1v) is 6.53. The van der Waals surface area contributed by atoms with Crippen LogP contribution in [0.5, 0.6) is 0 Å². The summed E-state index contributed by atoms with van der Waals surface area (Å²) in [6, 6.07) is 9.15. The standard InChI is InChI=1S/C14H14N2OS/c1-10-16-13(9-18-10)7-14(2,17)12-5-3-4-11(6-12)8-15/h3-6,9,17H,7H2,1-2H3. The van der Waals surface area contributed by atoms with Crippen molar-refractivity contribution in [1.82, 2.24) is 4.98 Å². The summed E-state index contributed by atoms with van der Waals surface area (Å²) in [5.41, 5.74) is 1.17. The van der Waals surface area contributed by atoms with Crippen LogP contribution < -0.4 is 0 Å². The van der Waals surface area contributed by atoms with Crippen LogP contribution in [0.3, 0.4) is 0 Å². The van der Waals surface area contributed by atoms with Crippen LogP contribution in [0.15, 0.2) is 29.6 Å². The Balaban J connectivity index is 2.27. The van der Waals surface area contributed by atoms with E-state index in [0.29, 0.717) is 12.0 Å². The van der Waals surface area contributed by atoms with Gasteiger partial charge in [0.25, 0.3) is 0 Å². The van der Waals surface area contributed by atoms with Crippen molar-refractivity contribution in [1.29, 1.82) is 5.26 Å². The molecule has 0 spiro atoms. The van der Waals surface area contributed by atoms with Gasteiger partial charge in [0.15, 0.2) is 0 Å². The van der Waals surface area contributed by atoms with Crippen molar-refractivity contribution in [3.05, 3.63) is 51.5 Å². The average Bonchev–Trinajstić information content (AvgIpc) is 2.74. The molecule has 1 aromatic carbocycles. The summed E-state index contributed by atoms with van der Waals surface area (Å²) in [7, 11) is 0. The molecule has 2 rings (SSSR count). The van der Waals surface area contributed by atoms with Crippen molar-refractivity contribution in [3.8, 4) is 6.07 Å². The number of nitriles is 1. The highest BCUT2D eigenvalue weighted by Gasteiger charge is 2.24. The Morgan fingerprint density at radius 3 is 2.89 bits per heavy atom. The first-order chi connectivity index (χ1) is 8.51. The average molecular weight is 258 g/mol. The van der Waals surface area contributed by atoms with Crippen LogP contribution in [0, 0.1) is 18.3 Å². The van der Waals surface area contributed by atoms with Gasteiger partial charge >= 0.3 is 0 Å². The third-order valence-electron chi connectivity index (χ3n) is 2.81. The lowest BCUT2D eigenvalue weighted by molar-refractivity contribution is 0.0567. The highest BCUT2D eigenvalue weighted by atomic mass is 32.1. The lowest BCUT2D eigenvalue weighted by Crippen LogP contribution is -2.24. The van der Waals surface area contributed by atoms with Crippen molar-refractivity contribution in [2.24, 2.45) is 0 Å². The molecular weight excluding hydrogens is 244 g/mol. The predicted octanol–water partition coefficient (Wildman–Crippen LogP) is 2.77. The Bertz CT molecular complexity index is 596. The summed E-state index contributed by atoms with van der Waals surface area (Å²) in [6.07, 6.45) is 0.451. The molecule has 1 N–H and O–H groups in total. The van der Waals surface area contributed by atoms with Crippen molar-refractivity contribution >= 4 is 11.3 Å². The maximum Gasteiger partial charge on any atom is 0.0991 e. The number of nitrogens with zero attached hydrogens (tertiary/aromatic N) is 2. The Morgan fingerprint density at radius 2 is 2.28 bits per heavy atom. The van der Waals surface area contributed by atoms with Gasteiger partial charge in [-0.1, -0.05) is 12.1 Å². The van der Waals surface area contributed by atoms with Gasteiger partial charge < -0.3 is 5.11 Å². The molecule has 4 heteroatoms. The first-order valence-electron chi connectivity index (χ1n) is 5.65. The molecule has 3 nitrogen and oxygen atoms in total. The number of rotatable bonds is 3. The molecule has 0 amide bonds. The van der Waals surface area contributed by atoms with Gasteiger partial charge in [0, 0.05) is 11.8 Å². The Kier molecular flexibility index (Phi) is 3.46. The van der Waals surface area contributed by atoms with Gasteiger partial charge in [0.1, 0.15) is 0 Å². The van der Waals surface area contributed by atoms with Gasteiger partial charge in [-0.3, -0.25) is 0 Å². The van der Waals surface area contributed by atoms with Crippen molar-refractivity contribution in [2.75, 3.05) is 0 Å². The number of benzene rings is 1. The quantitative estimate of drug-likeness (QED) is 0.921. The van der Waals surface area contributed by atoms with Crippen LogP contribution in [0.2, 0.25) is 0 Å². The zero-order valence-electron chi connectivity index (χ0n) is 10.3. The van der Waals surface area contributed by atoms with E-state index in [1.165, 1.54) is 0 Å². The van der Waals surface area contributed by atoms with Crippen LogP contribution >= 0.6 is 11.3 Å². The maximum absolute atomic E-state index is 10.5. The van der Waals surface area contributed by atoms with E-state index in [0.717, 1.165) is 16.3 Å². The largest absolute Gasteiger partial charge is 0.385 e. The fourth-order valence-corrected chi connectivity index (χ4v) is 2.48. The van der Waals surface area contributed by atoms with E-state index in [-0.39, 0.29) is 0 Å². The molecular formula is C14H14N2OS. The monoisotopic (exact) mass is 258 g/mol. The number of aromatic nitrogens is 1. The molecule has 1 heterocycles. The zero-order valence-corrected chi connectivity index (χ0v) is 11.2. The fraction of sp³-hybridized carbons (Fsp3) is 0.286. The molecule has 2 aromatic rings. The second-order valence-corrected chi connectivity index (χ2v) is 5.56. The predicted molar refractivity (Wildman–Crippen MR) is 71.3 cm³/mol. The van der Waals surface area contributed by atoms with Crippen LogP contribution in [-0.2, 0) is 12.0 Å². The van der Waals surface area contributed by atoms with Crippen molar-refractivity contribution in [3.63, 3.8) is 0 Å². The molecule has 0 aliphatic carbocycles. The van der Waals surface area contributed by atoms with E-state index in [9.17, 15) is 5.11 Å². The topological polar surface area (TPSA) is 56.9 Å². The summed E-state index contributed by atoms with van der Waals surface area (Å²) in [6.45, 7) is 3.69.